The molecule has 0 aliphatic carbocycles. The number of rotatable bonds is 4. The molecule has 0 N–H and O–H groups in total. The molecule has 0 aliphatic rings. The monoisotopic (exact) mass is 280 g/mol. The Bertz CT molecular complexity index is 601. The van der Waals surface area contributed by atoms with E-state index in [2.05, 4.69) is 0 Å². The third-order valence-electron chi connectivity index (χ3n) is 2.58. The number of ether oxygens (including phenoxy) is 3. The molecule has 2 aromatic rings. The lowest BCUT2D eigenvalue weighted by atomic mass is 10.2. The van der Waals surface area contributed by atoms with Crippen LogP contribution in [0.15, 0.2) is 18.2 Å². The summed E-state index contributed by atoms with van der Waals surface area (Å²) in [6.45, 7) is 3.84. The van der Waals surface area contributed by atoms with Crippen molar-refractivity contribution in [2.75, 3.05) is 14.2 Å². The first-order valence-electron chi connectivity index (χ1n) is 5.93. The van der Waals surface area contributed by atoms with Gasteiger partial charge in [-0.05, 0) is 26.0 Å². The Labute approximate surface area is 115 Å². The highest BCUT2D eigenvalue weighted by molar-refractivity contribution is 7.21. The van der Waals surface area contributed by atoms with E-state index in [9.17, 15) is 4.79 Å². The van der Waals surface area contributed by atoms with Gasteiger partial charge in [-0.3, -0.25) is 0 Å². The maximum atomic E-state index is 11.9. The highest BCUT2D eigenvalue weighted by Crippen LogP contribution is 2.43. The summed E-state index contributed by atoms with van der Waals surface area (Å²) >= 11 is 1.33. The first kappa shape index (κ1) is 13.7. The van der Waals surface area contributed by atoms with Crippen LogP contribution in [0.1, 0.15) is 23.5 Å². The van der Waals surface area contributed by atoms with E-state index in [1.807, 2.05) is 32.0 Å². The van der Waals surface area contributed by atoms with Crippen molar-refractivity contribution in [2.24, 2.45) is 0 Å². The molecular formula is C14H16O4S. The van der Waals surface area contributed by atoms with Crippen molar-refractivity contribution in [3.8, 4) is 11.5 Å². The Morgan fingerprint density at radius 2 is 2.00 bits per heavy atom. The second-order valence-corrected chi connectivity index (χ2v) is 5.28. The van der Waals surface area contributed by atoms with E-state index < -0.39 is 0 Å². The Morgan fingerprint density at radius 3 is 2.58 bits per heavy atom. The molecule has 102 valence electrons. The largest absolute Gasteiger partial charge is 0.495 e. The molecule has 0 atom stereocenters. The second-order valence-electron chi connectivity index (χ2n) is 4.26. The van der Waals surface area contributed by atoms with Gasteiger partial charge in [0.05, 0.1) is 25.0 Å². The van der Waals surface area contributed by atoms with Crippen LogP contribution in [0.3, 0.4) is 0 Å². The van der Waals surface area contributed by atoms with E-state index in [1.165, 1.54) is 18.4 Å². The number of fused-ring (bicyclic) bond motifs is 1. The minimum Gasteiger partial charge on any atom is -0.495 e. The summed E-state index contributed by atoms with van der Waals surface area (Å²) in [4.78, 5) is 12.3. The summed E-state index contributed by atoms with van der Waals surface area (Å²) in [5.74, 6) is 0.908. The second kappa shape index (κ2) is 5.48. The zero-order valence-corrected chi connectivity index (χ0v) is 12.2. The van der Waals surface area contributed by atoms with E-state index >= 15 is 0 Å². The lowest BCUT2D eigenvalue weighted by Crippen LogP contribution is -2.09. The van der Waals surface area contributed by atoms with Crippen LogP contribution in [-0.2, 0) is 4.74 Å². The molecule has 5 heteroatoms. The molecule has 0 saturated heterocycles. The third-order valence-corrected chi connectivity index (χ3v) is 3.76. The fourth-order valence-corrected chi connectivity index (χ4v) is 2.96. The number of thiophene rings is 1. The molecule has 19 heavy (non-hydrogen) atoms. The number of benzene rings is 1. The number of methoxy groups -OCH3 is 2. The fraction of sp³-hybridized carbons (Fsp3) is 0.357. The average Bonchev–Trinajstić information content (AvgIpc) is 2.76. The lowest BCUT2D eigenvalue weighted by Gasteiger charge is -2.10. The van der Waals surface area contributed by atoms with Crippen molar-refractivity contribution >= 4 is 27.4 Å². The van der Waals surface area contributed by atoms with Gasteiger partial charge in [-0.15, -0.1) is 11.3 Å². The number of hydrogen-bond acceptors (Lipinski definition) is 5. The summed E-state index contributed by atoms with van der Waals surface area (Å²) in [6, 6.07) is 5.65. The fourth-order valence-electron chi connectivity index (χ4n) is 1.81. The predicted molar refractivity (Wildman–Crippen MR) is 75.5 cm³/mol. The van der Waals surface area contributed by atoms with Gasteiger partial charge >= 0.3 is 5.97 Å². The number of hydrogen-bond donors (Lipinski definition) is 0. The molecule has 0 fully saturated rings. The molecule has 0 aliphatic heterocycles. The Kier molecular flexibility index (Phi) is 3.95. The van der Waals surface area contributed by atoms with Gasteiger partial charge in [0.1, 0.15) is 5.75 Å². The molecule has 1 aromatic carbocycles. The van der Waals surface area contributed by atoms with Gasteiger partial charge in [0.25, 0.3) is 0 Å². The van der Waals surface area contributed by atoms with Crippen LogP contribution in [0.4, 0.5) is 0 Å². The smallest absolute Gasteiger partial charge is 0.351 e. The van der Waals surface area contributed by atoms with Crippen LogP contribution in [0, 0.1) is 0 Å². The summed E-state index contributed by atoms with van der Waals surface area (Å²) in [6.07, 6.45) is -0.0209. The Hall–Kier alpha value is -1.75. The topological polar surface area (TPSA) is 44.8 Å². The molecular weight excluding hydrogens is 264 g/mol. The maximum absolute atomic E-state index is 11.9. The molecule has 2 rings (SSSR count). The molecule has 1 aromatic heterocycles. The Morgan fingerprint density at radius 1 is 1.26 bits per heavy atom. The van der Waals surface area contributed by atoms with Crippen LogP contribution in [0.5, 0.6) is 11.5 Å². The van der Waals surface area contributed by atoms with Crippen LogP contribution in [-0.4, -0.2) is 26.3 Å². The van der Waals surface area contributed by atoms with E-state index in [1.54, 1.807) is 7.11 Å². The van der Waals surface area contributed by atoms with E-state index in [-0.39, 0.29) is 12.1 Å². The van der Waals surface area contributed by atoms with Crippen LogP contribution >= 0.6 is 11.3 Å². The average molecular weight is 280 g/mol. The van der Waals surface area contributed by atoms with Crippen molar-refractivity contribution in [3.63, 3.8) is 0 Å². The third kappa shape index (κ3) is 2.51. The lowest BCUT2D eigenvalue weighted by molar-refractivity contribution is 0.0601. The Balaban J connectivity index is 2.68. The van der Waals surface area contributed by atoms with Crippen LogP contribution in [0.25, 0.3) is 10.1 Å². The SMILES string of the molecule is COC(=O)c1sc2c(OC)cccc2c1OC(C)C. The quantitative estimate of drug-likeness (QED) is 0.804. The highest BCUT2D eigenvalue weighted by atomic mass is 32.1. The number of carbonyl (C=O) groups excluding carboxylic acids is 1. The van der Waals surface area contributed by atoms with Crippen molar-refractivity contribution in [2.45, 2.75) is 20.0 Å². The molecule has 0 bridgehead atoms. The molecule has 4 nitrogen and oxygen atoms in total. The predicted octanol–water partition coefficient (Wildman–Crippen LogP) is 3.48. The maximum Gasteiger partial charge on any atom is 0.351 e. The molecule has 0 unspecified atom stereocenters. The van der Waals surface area contributed by atoms with Gasteiger partial charge in [-0.1, -0.05) is 6.07 Å². The van der Waals surface area contributed by atoms with Gasteiger partial charge in [0.15, 0.2) is 10.6 Å². The van der Waals surface area contributed by atoms with E-state index in [0.29, 0.717) is 10.6 Å². The zero-order valence-electron chi connectivity index (χ0n) is 11.4. The van der Waals surface area contributed by atoms with E-state index in [4.69, 9.17) is 14.2 Å². The molecule has 0 radical (unpaired) electrons. The standard InChI is InChI=1S/C14H16O4S/c1-8(2)18-11-9-6-5-7-10(16-3)12(9)19-13(11)14(15)17-4/h5-8H,1-4H3. The molecule has 0 spiro atoms. The van der Waals surface area contributed by atoms with Gasteiger partial charge in [0, 0.05) is 5.39 Å². The van der Waals surface area contributed by atoms with Gasteiger partial charge in [-0.25, -0.2) is 4.79 Å². The number of esters is 1. The van der Waals surface area contributed by atoms with Crippen LogP contribution < -0.4 is 9.47 Å². The zero-order chi connectivity index (χ0) is 14.0. The highest BCUT2D eigenvalue weighted by Gasteiger charge is 2.23. The van der Waals surface area contributed by atoms with Gasteiger partial charge in [0.2, 0.25) is 0 Å². The van der Waals surface area contributed by atoms with Gasteiger partial charge < -0.3 is 14.2 Å². The van der Waals surface area contributed by atoms with Crippen LogP contribution in [0.2, 0.25) is 0 Å². The van der Waals surface area contributed by atoms with Crippen molar-refractivity contribution < 1.29 is 19.0 Å². The summed E-state index contributed by atoms with van der Waals surface area (Å²) < 4.78 is 16.8. The minimum atomic E-state index is -0.390. The summed E-state index contributed by atoms with van der Waals surface area (Å²) in [5, 5.41) is 0.874. The van der Waals surface area contributed by atoms with Crippen molar-refractivity contribution in [1.29, 1.82) is 0 Å². The first-order valence-corrected chi connectivity index (χ1v) is 6.74. The summed E-state index contributed by atoms with van der Waals surface area (Å²) in [5.41, 5.74) is 0. The van der Waals surface area contributed by atoms with Gasteiger partial charge in [-0.2, -0.15) is 0 Å². The molecule has 0 amide bonds. The molecule has 1 heterocycles. The normalized spacial score (nSPS) is 10.8. The minimum absolute atomic E-state index is 0.0209. The number of carbonyl (C=O) groups is 1. The molecule has 0 saturated carbocycles. The summed E-state index contributed by atoms with van der Waals surface area (Å²) in [7, 11) is 2.97. The first-order chi connectivity index (χ1) is 9.08. The van der Waals surface area contributed by atoms with Crippen molar-refractivity contribution in [3.05, 3.63) is 23.1 Å². The van der Waals surface area contributed by atoms with Crippen molar-refractivity contribution in [1.82, 2.24) is 0 Å². The van der Waals surface area contributed by atoms with E-state index in [0.717, 1.165) is 15.8 Å².